The van der Waals surface area contributed by atoms with Gasteiger partial charge in [-0.1, -0.05) is 6.07 Å². The van der Waals surface area contributed by atoms with Gasteiger partial charge >= 0.3 is 0 Å². The van der Waals surface area contributed by atoms with Gasteiger partial charge in [-0.2, -0.15) is 0 Å². The van der Waals surface area contributed by atoms with Gasteiger partial charge in [0, 0.05) is 6.20 Å². The smallest absolute Gasteiger partial charge is 0.243 e. The predicted molar refractivity (Wildman–Crippen MR) is 40.3 cm³/mol. The number of hydrogen-bond acceptors (Lipinski definition) is 3. The van der Waals surface area contributed by atoms with Crippen LogP contribution in [0.3, 0.4) is 0 Å². The number of hydrogen-bond donors (Lipinski definition) is 1. The molecule has 5 heteroatoms. The summed E-state index contributed by atoms with van der Waals surface area (Å²) in [5.74, 6) is 0. The topological polar surface area (TPSA) is 73.0 Å². The van der Waals surface area contributed by atoms with Crippen molar-refractivity contribution < 1.29 is 8.42 Å². The van der Waals surface area contributed by atoms with Gasteiger partial charge in [0.25, 0.3) is 10.0 Å². The Balaban J connectivity index is 3.37. The fraction of sp³-hybridized carbons (Fsp3) is 0.167. The molecule has 0 aliphatic carbocycles. The van der Waals surface area contributed by atoms with Crippen LogP contribution < -0.4 is 5.14 Å². The maximum atomic E-state index is 10.8. The number of pyridine rings is 1. The van der Waals surface area contributed by atoms with E-state index in [1.807, 2.05) is 0 Å². The molecule has 0 atom stereocenters. The second-order valence-electron chi connectivity index (χ2n) is 2.17. The van der Waals surface area contributed by atoms with E-state index in [0.29, 0.717) is 5.56 Å². The zero-order valence-electron chi connectivity index (χ0n) is 5.98. The molecule has 60 valence electrons. The van der Waals surface area contributed by atoms with Crippen LogP contribution in [0.25, 0.3) is 0 Å². The Bertz CT molecular complexity index is 359. The Morgan fingerprint density at radius 2 is 2.18 bits per heavy atom. The first-order chi connectivity index (χ1) is 5.02. The molecule has 0 bridgehead atoms. The molecule has 0 radical (unpaired) electrons. The van der Waals surface area contributed by atoms with Crippen molar-refractivity contribution in [1.29, 1.82) is 0 Å². The maximum absolute atomic E-state index is 10.8. The lowest BCUT2D eigenvalue weighted by Crippen LogP contribution is -2.15. The molecular weight excluding hydrogens is 164 g/mol. The molecule has 1 aromatic heterocycles. The standard InChI is InChI=1S/C6H8N2O2S/c1-5-3-2-4-8-6(5)11(7,9)10/h2-4H,1H3,(H2,7,9,10). The van der Waals surface area contributed by atoms with Crippen molar-refractivity contribution in [3.8, 4) is 0 Å². The molecule has 0 aliphatic heterocycles. The molecule has 11 heavy (non-hydrogen) atoms. The first kappa shape index (κ1) is 8.16. The average molecular weight is 172 g/mol. The summed E-state index contributed by atoms with van der Waals surface area (Å²) in [6, 6.07) is 3.30. The number of aromatic nitrogens is 1. The minimum atomic E-state index is -3.64. The maximum Gasteiger partial charge on any atom is 0.255 e. The zero-order valence-corrected chi connectivity index (χ0v) is 6.80. The summed E-state index contributed by atoms with van der Waals surface area (Å²) in [5, 5.41) is 4.81. The quantitative estimate of drug-likeness (QED) is 0.649. The van der Waals surface area contributed by atoms with Crippen LogP contribution in [0.1, 0.15) is 5.56 Å². The summed E-state index contributed by atoms with van der Waals surface area (Å²) in [6.07, 6.45) is 1.40. The van der Waals surface area contributed by atoms with E-state index >= 15 is 0 Å². The normalized spacial score (nSPS) is 11.5. The average Bonchev–Trinajstić information content (AvgIpc) is 1.86. The summed E-state index contributed by atoms with van der Waals surface area (Å²) < 4.78 is 21.5. The van der Waals surface area contributed by atoms with Gasteiger partial charge < -0.3 is 0 Å². The van der Waals surface area contributed by atoms with Crippen LogP contribution in [-0.2, 0) is 10.0 Å². The molecule has 0 spiro atoms. The lowest BCUT2D eigenvalue weighted by Gasteiger charge is -1.98. The number of nitrogens with zero attached hydrogens (tertiary/aromatic N) is 1. The molecule has 0 saturated carbocycles. The highest BCUT2D eigenvalue weighted by Crippen LogP contribution is 2.07. The van der Waals surface area contributed by atoms with Crippen molar-refractivity contribution in [2.45, 2.75) is 11.9 Å². The van der Waals surface area contributed by atoms with E-state index in [1.54, 1.807) is 19.1 Å². The summed E-state index contributed by atoms with van der Waals surface area (Å²) >= 11 is 0. The van der Waals surface area contributed by atoms with E-state index in [4.69, 9.17) is 5.14 Å². The summed E-state index contributed by atoms with van der Waals surface area (Å²) in [4.78, 5) is 3.64. The van der Waals surface area contributed by atoms with Gasteiger partial charge in [0.1, 0.15) is 0 Å². The number of rotatable bonds is 1. The molecule has 0 amide bonds. The number of nitrogens with two attached hydrogens (primary N) is 1. The molecule has 1 rings (SSSR count). The highest BCUT2D eigenvalue weighted by molar-refractivity contribution is 7.89. The Hall–Kier alpha value is -0.940. The second kappa shape index (κ2) is 2.60. The van der Waals surface area contributed by atoms with E-state index in [2.05, 4.69) is 4.98 Å². The largest absolute Gasteiger partial charge is 0.255 e. The van der Waals surface area contributed by atoms with Crippen molar-refractivity contribution in [3.63, 3.8) is 0 Å². The first-order valence-electron chi connectivity index (χ1n) is 2.96. The monoisotopic (exact) mass is 172 g/mol. The second-order valence-corrected chi connectivity index (χ2v) is 3.65. The van der Waals surface area contributed by atoms with Gasteiger partial charge in [-0.15, -0.1) is 0 Å². The van der Waals surface area contributed by atoms with Gasteiger partial charge in [0.05, 0.1) is 0 Å². The van der Waals surface area contributed by atoms with Crippen molar-refractivity contribution in [3.05, 3.63) is 23.9 Å². The van der Waals surface area contributed by atoms with Gasteiger partial charge in [0.15, 0.2) is 5.03 Å². The van der Waals surface area contributed by atoms with Crippen LogP contribution >= 0.6 is 0 Å². The van der Waals surface area contributed by atoms with Gasteiger partial charge in [-0.05, 0) is 18.6 Å². The minimum absolute atomic E-state index is 0.0556. The fourth-order valence-electron chi connectivity index (χ4n) is 0.769. The third kappa shape index (κ3) is 1.75. The first-order valence-corrected chi connectivity index (χ1v) is 4.51. The van der Waals surface area contributed by atoms with Crippen molar-refractivity contribution in [2.75, 3.05) is 0 Å². The van der Waals surface area contributed by atoms with E-state index in [9.17, 15) is 8.42 Å². The minimum Gasteiger partial charge on any atom is -0.243 e. The van der Waals surface area contributed by atoms with Crippen molar-refractivity contribution in [2.24, 2.45) is 5.14 Å². The lowest BCUT2D eigenvalue weighted by atomic mass is 10.3. The van der Waals surface area contributed by atoms with Crippen molar-refractivity contribution in [1.82, 2.24) is 4.98 Å². The van der Waals surface area contributed by atoms with Gasteiger partial charge in [-0.25, -0.2) is 18.5 Å². The SMILES string of the molecule is Cc1cccnc1S(N)(=O)=O. The van der Waals surface area contributed by atoms with Crippen LogP contribution in [0.15, 0.2) is 23.4 Å². The lowest BCUT2D eigenvalue weighted by molar-refractivity contribution is 0.593. The molecule has 0 aromatic carbocycles. The van der Waals surface area contributed by atoms with Crippen LogP contribution in [0.2, 0.25) is 0 Å². The molecule has 0 fully saturated rings. The summed E-state index contributed by atoms with van der Waals surface area (Å²) in [5.41, 5.74) is 0.565. The Morgan fingerprint density at radius 1 is 1.55 bits per heavy atom. The predicted octanol–water partition coefficient (Wildman–Crippen LogP) is 0.0374. The third-order valence-electron chi connectivity index (χ3n) is 1.23. The van der Waals surface area contributed by atoms with Crippen LogP contribution in [0.5, 0.6) is 0 Å². The van der Waals surface area contributed by atoms with Crippen LogP contribution in [0.4, 0.5) is 0 Å². The Labute approximate surface area is 65.1 Å². The highest BCUT2D eigenvalue weighted by Gasteiger charge is 2.10. The van der Waals surface area contributed by atoms with Gasteiger partial charge in [-0.3, -0.25) is 0 Å². The van der Waals surface area contributed by atoms with E-state index in [0.717, 1.165) is 0 Å². The van der Waals surface area contributed by atoms with Gasteiger partial charge in [0.2, 0.25) is 0 Å². The third-order valence-corrected chi connectivity index (χ3v) is 2.20. The van der Waals surface area contributed by atoms with Crippen LogP contribution in [0, 0.1) is 6.92 Å². The zero-order chi connectivity index (χ0) is 8.48. The summed E-state index contributed by atoms with van der Waals surface area (Å²) in [7, 11) is -3.64. The van der Waals surface area contributed by atoms with E-state index in [-0.39, 0.29) is 5.03 Å². The molecule has 2 N–H and O–H groups in total. The fourth-order valence-corrected chi connectivity index (χ4v) is 1.49. The molecule has 0 saturated heterocycles. The molecule has 1 heterocycles. The number of sulfonamides is 1. The molecule has 0 unspecified atom stereocenters. The van der Waals surface area contributed by atoms with E-state index in [1.165, 1.54) is 6.20 Å². The molecule has 1 aromatic rings. The summed E-state index contributed by atoms with van der Waals surface area (Å²) in [6.45, 7) is 1.65. The number of aryl methyl sites for hydroxylation is 1. The highest BCUT2D eigenvalue weighted by atomic mass is 32.2. The van der Waals surface area contributed by atoms with Crippen LogP contribution in [-0.4, -0.2) is 13.4 Å². The molecular formula is C6H8N2O2S. The van der Waals surface area contributed by atoms with E-state index < -0.39 is 10.0 Å². The Morgan fingerprint density at radius 3 is 2.55 bits per heavy atom. The number of primary sulfonamides is 1. The Kier molecular flexibility index (Phi) is 1.92. The van der Waals surface area contributed by atoms with Crippen molar-refractivity contribution >= 4 is 10.0 Å². The molecule has 4 nitrogen and oxygen atoms in total. The molecule has 0 aliphatic rings.